The highest BCUT2D eigenvalue weighted by molar-refractivity contribution is 7.09. The van der Waals surface area contributed by atoms with Gasteiger partial charge in [-0.2, -0.15) is 0 Å². The van der Waals surface area contributed by atoms with Gasteiger partial charge in [-0.3, -0.25) is 4.79 Å². The number of hydrogen-bond acceptors (Lipinski definition) is 4. The van der Waals surface area contributed by atoms with Crippen LogP contribution in [0.3, 0.4) is 0 Å². The lowest BCUT2D eigenvalue weighted by molar-refractivity contribution is -0.171. The average molecular weight is 310 g/mol. The minimum atomic E-state index is -0.837. The third-order valence-electron chi connectivity index (χ3n) is 4.70. The summed E-state index contributed by atoms with van der Waals surface area (Å²) >= 11 is 1.71. The Labute approximate surface area is 131 Å². The molecular formula is C16H26N2O2S. The molecule has 0 saturated heterocycles. The van der Waals surface area contributed by atoms with Crippen LogP contribution >= 0.6 is 11.3 Å². The third kappa shape index (κ3) is 3.00. The van der Waals surface area contributed by atoms with Crippen molar-refractivity contribution in [2.75, 3.05) is 6.61 Å². The summed E-state index contributed by atoms with van der Waals surface area (Å²) in [6, 6.07) is 4.20. The van der Waals surface area contributed by atoms with Crippen LogP contribution in [0.5, 0.6) is 0 Å². The summed E-state index contributed by atoms with van der Waals surface area (Å²) in [7, 11) is 0. The summed E-state index contributed by atoms with van der Waals surface area (Å²) in [6.07, 6.45) is 1.49. The molecule has 21 heavy (non-hydrogen) atoms. The summed E-state index contributed by atoms with van der Waals surface area (Å²) in [5, 5.41) is 5.12. The molecule has 1 aliphatic carbocycles. The number of rotatable bonds is 6. The molecule has 1 heterocycles. The second-order valence-corrected chi connectivity index (χ2v) is 7.53. The molecular weight excluding hydrogens is 284 g/mol. The van der Waals surface area contributed by atoms with Gasteiger partial charge in [0, 0.05) is 35.8 Å². The van der Waals surface area contributed by atoms with Crippen molar-refractivity contribution in [3.05, 3.63) is 22.4 Å². The molecule has 1 aromatic rings. The lowest BCUT2D eigenvalue weighted by Crippen LogP contribution is -2.76. The fourth-order valence-corrected chi connectivity index (χ4v) is 3.79. The molecule has 0 bridgehead atoms. The lowest BCUT2D eigenvalue weighted by atomic mass is 9.54. The molecule has 1 amide bonds. The highest BCUT2D eigenvalue weighted by atomic mass is 32.1. The predicted octanol–water partition coefficient (Wildman–Crippen LogP) is 2.33. The van der Waals surface area contributed by atoms with E-state index in [-0.39, 0.29) is 23.5 Å². The second kappa shape index (κ2) is 6.07. The van der Waals surface area contributed by atoms with Crippen molar-refractivity contribution in [2.45, 2.75) is 58.2 Å². The minimum Gasteiger partial charge on any atom is -0.378 e. The van der Waals surface area contributed by atoms with Gasteiger partial charge in [0.05, 0.1) is 6.10 Å². The number of amides is 1. The van der Waals surface area contributed by atoms with Crippen molar-refractivity contribution in [1.29, 1.82) is 0 Å². The number of carbonyl (C=O) groups is 1. The smallest absolute Gasteiger partial charge is 0.241 e. The third-order valence-corrected chi connectivity index (χ3v) is 5.60. The monoisotopic (exact) mass is 310 g/mol. The summed E-state index contributed by atoms with van der Waals surface area (Å²) in [4.78, 5) is 13.8. The molecule has 0 radical (unpaired) electrons. The molecule has 118 valence electrons. The van der Waals surface area contributed by atoms with Gasteiger partial charge >= 0.3 is 0 Å². The van der Waals surface area contributed by atoms with E-state index in [1.165, 1.54) is 4.88 Å². The van der Waals surface area contributed by atoms with Crippen molar-refractivity contribution in [3.8, 4) is 0 Å². The lowest BCUT2D eigenvalue weighted by Gasteiger charge is -2.57. The Balaban J connectivity index is 1.94. The molecule has 1 saturated carbocycles. The number of hydrogen-bond donors (Lipinski definition) is 2. The first-order chi connectivity index (χ1) is 9.81. The highest BCUT2D eigenvalue weighted by Gasteiger charge is 2.62. The van der Waals surface area contributed by atoms with Crippen LogP contribution in [0.15, 0.2) is 17.5 Å². The molecule has 1 aliphatic rings. The van der Waals surface area contributed by atoms with Crippen LogP contribution in [0.1, 0.15) is 39.0 Å². The van der Waals surface area contributed by atoms with E-state index in [0.29, 0.717) is 13.0 Å². The largest absolute Gasteiger partial charge is 0.378 e. The normalized spacial score (nSPS) is 28.7. The van der Waals surface area contributed by atoms with E-state index in [1.54, 1.807) is 11.3 Å². The van der Waals surface area contributed by atoms with Gasteiger partial charge in [0.1, 0.15) is 5.54 Å². The fraction of sp³-hybridized carbons (Fsp3) is 0.688. The first kappa shape index (κ1) is 16.5. The first-order valence-corrected chi connectivity index (χ1v) is 8.43. The predicted molar refractivity (Wildman–Crippen MR) is 86.4 cm³/mol. The van der Waals surface area contributed by atoms with Gasteiger partial charge in [-0.15, -0.1) is 11.3 Å². The highest BCUT2D eigenvalue weighted by Crippen LogP contribution is 2.49. The van der Waals surface area contributed by atoms with Gasteiger partial charge in [-0.1, -0.05) is 19.9 Å². The van der Waals surface area contributed by atoms with Crippen LogP contribution in [0.4, 0.5) is 0 Å². The van der Waals surface area contributed by atoms with Crippen LogP contribution < -0.4 is 11.1 Å². The topological polar surface area (TPSA) is 64.3 Å². The number of nitrogens with two attached hydrogens (primary N) is 1. The van der Waals surface area contributed by atoms with Gasteiger partial charge in [0.15, 0.2) is 0 Å². The standard InChI is InChI=1S/C16H26N2O2S/c1-5-20-13-10-16(17,15(13,3)4)14(19)18-11(2)9-12-7-6-8-21-12/h6-8,11,13H,5,9-10,17H2,1-4H3,(H,18,19). The SMILES string of the molecule is CCOC1CC(N)(C(=O)NC(C)Cc2cccs2)C1(C)C. The maximum atomic E-state index is 12.6. The zero-order valence-electron chi connectivity index (χ0n) is 13.3. The quantitative estimate of drug-likeness (QED) is 0.847. The van der Waals surface area contributed by atoms with Crippen LogP contribution in [-0.2, 0) is 16.0 Å². The maximum Gasteiger partial charge on any atom is 0.241 e. The van der Waals surface area contributed by atoms with Crippen molar-refractivity contribution < 1.29 is 9.53 Å². The molecule has 2 rings (SSSR count). The Morgan fingerprint density at radius 2 is 2.33 bits per heavy atom. The second-order valence-electron chi connectivity index (χ2n) is 6.50. The number of carbonyl (C=O) groups excluding carboxylic acids is 1. The minimum absolute atomic E-state index is 0.0610. The maximum absolute atomic E-state index is 12.6. The molecule has 1 fully saturated rings. The Kier molecular flexibility index (Phi) is 4.76. The van der Waals surface area contributed by atoms with E-state index in [2.05, 4.69) is 16.8 Å². The van der Waals surface area contributed by atoms with Crippen molar-refractivity contribution >= 4 is 17.2 Å². The number of ether oxygens (including phenoxy) is 1. The van der Waals surface area contributed by atoms with E-state index < -0.39 is 5.54 Å². The van der Waals surface area contributed by atoms with Crippen LogP contribution in [0.25, 0.3) is 0 Å². The Hall–Kier alpha value is -0.910. The first-order valence-electron chi connectivity index (χ1n) is 7.55. The number of thiophene rings is 1. The van der Waals surface area contributed by atoms with Gasteiger partial charge in [-0.25, -0.2) is 0 Å². The molecule has 3 unspecified atom stereocenters. The summed E-state index contributed by atoms with van der Waals surface area (Å²) < 4.78 is 5.67. The van der Waals surface area contributed by atoms with Crippen LogP contribution in [0, 0.1) is 5.41 Å². The zero-order valence-corrected chi connectivity index (χ0v) is 14.1. The zero-order chi connectivity index (χ0) is 15.7. The molecule has 0 aliphatic heterocycles. The summed E-state index contributed by atoms with van der Waals surface area (Å²) in [6.45, 7) is 8.67. The van der Waals surface area contributed by atoms with E-state index in [4.69, 9.17) is 10.5 Å². The molecule has 4 nitrogen and oxygen atoms in total. The fourth-order valence-electron chi connectivity index (χ4n) is 2.95. The van der Waals surface area contributed by atoms with Gasteiger partial charge in [-0.05, 0) is 25.3 Å². The Morgan fingerprint density at radius 3 is 2.86 bits per heavy atom. The Morgan fingerprint density at radius 1 is 1.62 bits per heavy atom. The molecule has 1 aromatic heterocycles. The van der Waals surface area contributed by atoms with E-state index in [0.717, 1.165) is 6.42 Å². The molecule has 3 N–H and O–H groups in total. The van der Waals surface area contributed by atoms with E-state index in [1.807, 2.05) is 33.8 Å². The van der Waals surface area contributed by atoms with Crippen LogP contribution in [0.2, 0.25) is 0 Å². The van der Waals surface area contributed by atoms with E-state index >= 15 is 0 Å². The molecule has 0 spiro atoms. The molecule has 5 heteroatoms. The number of nitrogens with one attached hydrogen (secondary N) is 1. The van der Waals surface area contributed by atoms with E-state index in [9.17, 15) is 4.79 Å². The van der Waals surface area contributed by atoms with Gasteiger partial charge in [0.25, 0.3) is 0 Å². The van der Waals surface area contributed by atoms with Crippen LogP contribution in [-0.4, -0.2) is 30.2 Å². The summed E-state index contributed by atoms with van der Waals surface area (Å²) in [5.74, 6) is -0.0625. The van der Waals surface area contributed by atoms with Crippen molar-refractivity contribution in [3.63, 3.8) is 0 Å². The summed E-state index contributed by atoms with van der Waals surface area (Å²) in [5.41, 5.74) is 5.20. The van der Waals surface area contributed by atoms with Crippen molar-refractivity contribution in [2.24, 2.45) is 11.1 Å². The van der Waals surface area contributed by atoms with Gasteiger partial charge < -0.3 is 15.8 Å². The Bertz CT molecular complexity index is 486. The average Bonchev–Trinajstić information content (AvgIpc) is 2.90. The molecule has 0 aromatic carbocycles. The van der Waals surface area contributed by atoms with Crippen molar-refractivity contribution in [1.82, 2.24) is 5.32 Å². The molecule has 3 atom stereocenters. The van der Waals surface area contributed by atoms with Gasteiger partial charge in [0.2, 0.25) is 5.91 Å².